The quantitative estimate of drug-likeness (QED) is 0.390. The zero-order valence-electron chi connectivity index (χ0n) is 5.36. The fourth-order valence-electron chi connectivity index (χ4n) is 0.657. The zero-order valence-corrected chi connectivity index (χ0v) is 5.36. The first-order valence-corrected chi connectivity index (χ1v) is 2.83. The van der Waals surface area contributed by atoms with E-state index in [-0.39, 0.29) is 0 Å². The van der Waals surface area contributed by atoms with Crippen molar-refractivity contribution >= 4 is 0 Å². The van der Waals surface area contributed by atoms with Crippen molar-refractivity contribution in [2.24, 2.45) is 5.84 Å². The van der Waals surface area contributed by atoms with Crippen LogP contribution in [-0.4, -0.2) is 5.01 Å². The van der Waals surface area contributed by atoms with E-state index in [0.29, 0.717) is 5.70 Å². The number of hydrogen-bond donors (Lipinski definition) is 1. The maximum Gasteiger partial charge on any atom is 0.0934 e. The standard InChI is InChI=1S/C7H7N3/c8-5-4-7-3-1-2-6-10(7)9/h1-4,6H,9H2. The van der Waals surface area contributed by atoms with Crippen LogP contribution in [0.4, 0.5) is 0 Å². The van der Waals surface area contributed by atoms with Crippen molar-refractivity contribution < 1.29 is 0 Å². The van der Waals surface area contributed by atoms with Gasteiger partial charge in [-0.3, -0.25) is 5.01 Å². The summed E-state index contributed by atoms with van der Waals surface area (Å²) in [5, 5.41) is 9.66. The smallest absolute Gasteiger partial charge is 0.0934 e. The van der Waals surface area contributed by atoms with E-state index in [1.54, 1.807) is 18.4 Å². The molecule has 1 heterocycles. The van der Waals surface area contributed by atoms with Gasteiger partial charge in [0.15, 0.2) is 0 Å². The van der Waals surface area contributed by atoms with Crippen LogP contribution in [0.2, 0.25) is 0 Å². The van der Waals surface area contributed by atoms with Crippen molar-refractivity contribution in [2.45, 2.75) is 0 Å². The van der Waals surface area contributed by atoms with Crippen molar-refractivity contribution in [3.8, 4) is 6.07 Å². The molecule has 0 saturated carbocycles. The molecule has 0 radical (unpaired) electrons. The summed E-state index contributed by atoms with van der Waals surface area (Å²) in [5.74, 6) is 5.44. The normalized spacial score (nSPS) is 19.6. The molecular weight excluding hydrogens is 126 g/mol. The molecule has 0 amide bonds. The molecule has 2 N–H and O–H groups in total. The van der Waals surface area contributed by atoms with Crippen LogP contribution in [0.15, 0.2) is 36.2 Å². The van der Waals surface area contributed by atoms with Gasteiger partial charge < -0.3 is 0 Å². The van der Waals surface area contributed by atoms with Crippen molar-refractivity contribution in [1.29, 1.82) is 5.26 Å². The molecule has 0 aromatic rings. The number of rotatable bonds is 0. The van der Waals surface area contributed by atoms with Gasteiger partial charge in [0.2, 0.25) is 0 Å². The van der Waals surface area contributed by atoms with Crippen LogP contribution in [0.25, 0.3) is 0 Å². The minimum atomic E-state index is 0.699. The number of nitriles is 1. The van der Waals surface area contributed by atoms with E-state index in [0.717, 1.165) is 0 Å². The molecule has 1 aliphatic heterocycles. The van der Waals surface area contributed by atoms with Gasteiger partial charge in [-0.15, -0.1) is 0 Å². The van der Waals surface area contributed by atoms with Gasteiger partial charge in [0.05, 0.1) is 11.8 Å². The predicted octanol–water partition coefficient (Wildman–Crippen LogP) is 0.653. The Kier molecular flexibility index (Phi) is 1.88. The molecule has 1 aliphatic rings. The van der Waals surface area contributed by atoms with Crippen molar-refractivity contribution in [2.75, 3.05) is 0 Å². The first-order chi connectivity index (χ1) is 4.84. The zero-order chi connectivity index (χ0) is 7.40. The Balaban J connectivity index is 2.82. The van der Waals surface area contributed by atoms with Crippen LogP contribution >= 0.6 is 0 Å². The predicted molar refractivity (Wildman–Crippen MR) is 38.0 cm³/mol. The Morgan fingerprint density at radius 2 is 2.40 bits per heavy atom. The third-order valence-electron chi connectivity index (χ3n) is 1.14. The van der Waals surface area contributed by atoms with E-state index >= 15 is 0 Å². The summed E-state index contributed by atoms with van der Waals surface area (Å²) < 4.78 is 0. The SMILES string of the molecule is N#CC=C1C=CC=CN1N. The lowest BCUT2D eigenvalue weighted by Gasteiger charge is -2.15. The van der Waals surface area contributed by atoms with Crippen LogP contribution in [0.1, 0.15) is 0 Å². The summed E-state index contributed by atoms with van der Waals surface area (Å²) in [5.41, 5.74) is 0.699. The molecule has 1 rings (SSSR count). The Labute approximate surface area is 59.3 Å². The van der Waals surface area contributed by atoms with Crippen LogP contribution in [0.3, 0.4) is 0 Å². The summed E-state index contributed by atoms with van der Waals surface area (Å²) in [6, 6.07) is 1.90. The highest BCUT2D eigenvalue weighted by atomic mass is 15.4. The monoisotopic (exact) mass is 133 g/mol. The van der Waals surface area contributed by atoms with E-state index < -0.39 is 0 Å². The molecule has 0 spiro atoms. The topological polar surface area (TPSA) is 53.0 Å². The molecule has 0 aromatic carbocycles. The lowest BCUT2D eigenvalue weighted by atomic mass is 10.3. The Morgan fingerprint density at radius 1 is 1.60 bits per heavy atom. The van der Waals surface area contributed by atoms with Gasteiger partial charge in [-0.1, -0.05) is 6.08 Å². The van der Waals surface area contributed by atoms with Crippen molar-refractivity contribution in [3.63, 3.8) is 0 Å². The van der Waals surface area contributed by atoms with Gasteiger partial charge in [-0.25, -0.2) is 5.84 Å². The molecule has 0 unspecified atom stereocenters. The van der Waals surface area contributed by atoms with Crippen LogP contribution in [-0.2, 0) is 0 Å². The lowest BCUT2D eigenvalue weighted by Crippen LogP contribution is -2.24. The van der Waals surface area contributed by atoms with Gasteiger partial charge in [0, 0.05) is 12.3 Å². The largest absolute Gasteiger partial charge is 0.286 e. The van der Waals surface area contributed by atoms with Gasteiger partial charge >= 0.3 is 0 Å². The first kappa shape index (κ1) is 6.59. The van der Waals surface area contributed by atoms with Crippen molar-refractivity contribution in [3.05, 3.63) is 36.2 Å². The summed E-state index contributed by atoms with van der Waals surface area (Å²) in [6.45, 7) is 0. The van der Waals surface area contributed by atoms with E-state index in [1.165, 1.54) is 11.1 Å². The highest BCUT2D eigenvalue weighted by Crippen LogP contribution is 2.05. The third kappa shape index (κ3) is 1.24. The minimum Gasteiger partial charge on any atom is -0.286 e. The second-order valence-electron chi connectivity index (χ2n) is 1.81. The van der Waals surface area contributed by atoms with Gasteiger partial charge in [0.1, 0.15) is 0 Å². The maximum atomic E-state index is 8.27. The highest BCUT2D eigenvalue weighted by Gasteiger charge is 1.98. The van der Waals surface area contributed by atoms with Crippen LogP contribution in [0.5, 0.6) is 0 Å². The van der Waals surface area contributed by atoms with Gasteiger partial charge in [-0.05, 0) is 12.2 Å². The first-order valence-electron chi connectivity index (χ1n) is 2.83. The molecule has 10 heavy (non-hydrogen) atoms. The van der Waals surface area contributed by atoms with E-state index in [4.69, 9.17) is 11.1 Å². The number of nitrogens with zero attached hydrogens (tertiary/aromatic N) is 2. The summed E-state index contributed by atoms with van der Waals surface area (Å²) in [4.78, 5) is 0. The van der Waals surface area contributed by atoms with E-state index in [2.05, 4.69) is 0 Å². The Hall–Kier alpha value is -1.53. The van der Waals surface area contributed by atoms with Gasteiger partial charge in [0.25, 0.3) is 0 Å². The molecule has 0 aromatic heterocycles. The number of nitrogens with two attached hydrogens (primary N) is 1. The number of hydrogen-bond acceptors (Lipinski definition) is 3. The average Bonchev–Trinajstić information content (AvgIpc) is 1.94. The molecular formula is C7H7N3. The second kappa shape index (κ2) is 2.85. The molecule has 3 nitrogen and oxygen atoms in total. The fraction of sp³-hybridized carbons (Fsp3) is 0. The number of allylic oxidation sites excluding steroid dienone is 4. The van der Waals surface area contributed by atoms with Crippen molar-refractivity contribution in [1.82, 2.24) is 5.01 Å². The molecule has 3 heteroatoms. The third-order valence-corrected chi connectivity index (χ3v) is 1.14. The maximum absolute atomic E-state index is 8.27. The van der Waals surface area contributed by atoms with Crippen LogP contribution < -0.4 is 5.84 Å². The minimum absolute atomic E-state index is 0.699. The lowest BCUT2D eigenvalue weighted by molar-refractivity contribution is 0.505. The molecule has 0 saturated heterocycles. The molecule has 0 atom stereocenters. The molecule has 50 valence electrons. The molecule has 0 fully saturated rings. The van der Waals surface area contributed by atoms with Crippen LogP contribution in [0, 0.1) is 11.3 Å². The highest BCUT2D eigenvalue weighted by molar-refractivity contribution is 5.30. The summed E-state index contributed by atoms with van der Waals surface area (Å²) in [7, 11) is 0. The molecule has 0 aliphatic carbocycles. The summed E-state index contributed by atoms with van der Waals surface area (Å²) >= 11 is 0. The summed E-state index contributed by atoms with van der Waals surface area (Å²) in [6.07, 6.45) is 8.47. The molecule has 0 bridgehead atoms. The Morgan fingerprint density at radius 3 is 3.00 bits per heavy atom. The van der Waals surface area contributed by atoms with E-state index in [1.807, 2.05) is 12.1 Å². The number of hydrazine groups is 1. The van der Waals surface area contributed by atoms with E-state index in [9.17, 15) is 0 Å². The Bertz CT molecular complexity index is 242. The fourth-order valence-corrected chi connectivity index (χ4v) is 0.657. The second-order valence-corrected chi connectivity index (χ2v) is 1.81. The van der Waals surface area contributed by atoms with Gasteiger partial charge in [-0.2, -0.15) is 5.26 Å². The average molecular weight is 133 g/mol.